The van der Waals surface area contributed by atoms with Gasteiger partial charge in [-0.1, -0.05) is 11.8 Å². The molecule has 0 saturated heterocycles. The van der Waals surface area contributed by atoms with Gasteiger partial charge < -0.3 is 57.8 Å². The zero-order valence-corrected chi connectivity index (χ0v) is 27.9. The first-order valence-corrected chi connectivity index (χ1v) is 15.4. The molecule has 0 amide bonds. The molecule has 0 aromatic rings. The van der Waals surface area contributed by atoms with Crippen molar-refractivity contribution in [3.8, 4) is 24.7 Å². The van der Waals surface area contributed by atoms with Gasteiger partial charge in [0.2, 0.25) is 0 Å². The van der Waals surface area contributed by atoms with Gasteiger partial charge in [-0.2, -0.15) is 0 Å². The second-order valence-corrected chi connectivity index (χ2v) is 9.89. The lowest BCUT2D eigenvalue weighted by molar-refractivity contribution is -0.155. The molecule has 0 heterocycles. The molecule has 0 aromatic heterocycles. The lowest BCUT2D eigenvalue weighted by Gasteiger charge is -2.19. The van der Waals surface area contributed by atoms with E-state index in [0.717, 1.165) is 0 Å². The van der Waals surface area contributed by atoms with Gasteiger partial charge in [0.1, 0.15) is 18.8 Å². The Morgan fingerprint density at radius 1 is 0.511 bits per heavy atom. The topological polar surface area (TPSA) is 145 Å². The van der Waals surface area contributed by atoms with E-state index in [1.807, 2.05) is 20.8 Å². The molecule has 0 aliphatic rings. The number of esters is 1. The first-order valence-electron chi connectivity index (χ1n) is 15.4. The van der Waals surface area contributed by atoms with E-state index >= 15 is 0 Å². The maximum Gasteiger partial charge on any atom is 0.306 e. The molecule has 13 nitrogen and oxygen atoms in total. The van der Waals surface area contributed by atoms with Crippen LogP contribution in [0.2, 0.25) is 0 Å². The molecule has 13 heteroatoms. The number of terminal acetylenes is 2. The fraction of sp³-hybridized carbons (Fsp3) is 0.844. The zero-order valence-electron chi connectivity index (χ0n) is 27.9. The van der Waals surface area contributed by atoms with Crippen molar-refractivity contribution < 1.29 is 56.9 Å². The highest BCUT2D eigenvalue weighted by Crippen LogP contribution is 2.09. The smallest absolute Gasteiger partial charge is 0.306 e. The minimum absolute atomic E-state index is 0.196. The van der Waals surface area contributed by atoms with E-state index in [4.69, 9.17) is 70.7 Å². The van der Waals surface area contributed by atoms with Crippen LogP contribution in [0.5, 0.6) is 0 Å². The second kappa shape index (κ2) is 38.3. The summed E-state index contributed by atoms with van der Waals surface area (Å²) in [5, 5.41) is 0. The fourth-order valence-electron chi connectivity index (χ4n) is 2.82. The van der Waals surface area contributed by atoms with Crippen molar-refractivity contribution >= 4 is 5.97 Å². The minimum atomic E-state index is -0.434. The Morgan fingerprint density at radius 2 is 0.800 bits per heavy atom. The number of ether oxygens (including phenoxy) is 11. The highest BCUT2D eigenvalue weighted by Gasteiger charge is 2.15. The molecule has 2 N–H and O–H groups in total. The number of carbonyl (C=O) groups excluding carboxylic acids is 1. The predicted molar refractivity (Wildman–Crippen MR) is 170 cm³/mol. The van der Waals surface area contributed by atoms with E-state index in [1.165, 1.54) is 0 Å². The Morgan fingerprint density at radius 3 is 1.09 bits per heavy atom. The van der Waals surface area contributed by atoms with Crippen molar-refractivity contribution in [2.45, 2.75) is 39.2 Å². The summed E-state index contributed by atoms with van der Waals surface area (Å²) in [5.74, 6) is 4.57. The third kappa shape index (κ3) is 46.7. The standard InChI is InChI=1S/C19H34O7.C13H25NO5/c1-5-8-21-10-12-23-14-16-25-17-15-24-13-11-22-9-6-7-18(20)26-19(2,3)4;1-2-4-15-6-8-17-10-12-19-13-11-18-9-7-16-5-3-14/h1H,6-17H2,2-4H3;1H,3-14H2. The van der Waals surface area contributed by atoms with Crippen molar-refractivity contribution in [3.05, 3.63) is 0 Å². The Labute approximate surface area is 271 Å². The highest BCUT2D eigenvalue weighted by molar-refractivity contribution is 5.69. The predicted octanol–water partition coefficient (Wildman–Crippen LogP) is 1.49. The summed E-state index contributed by atoms with van der Waals surface area (Å²) in [7, 11) is 0. The normalized spacial score (nSPS) is 11.0. The molecule has 264 valence electrons. The molecule has 0 bridgehead atoms. The molecule has 0 radical (unpaired) electrons. The quantitative estimate of drug-likeness (QED) is 0.0639. The molecule has 0 aliphatic heterocycles. The van der Waals surface area contributed by atoms with Crippen molar-refractivity contribution in [2.24, 2.45) is 5.73 Å². The van der Waals surface area contributed by atoms with E-state index in [0.29, 0.717) is 152 Å². The molecular formula is C32H59NO12. The third-order valence-electron chi connectivity index (χ3n) is 4.70. The van der Waals surface area contributed by atoms with E-state index in [9.17, 15) is 4.79 Å². The minimum Gasteiger partial charge on any atom is -0.460 e. The molecule has 0 saturated carbocycles. The monoisotopic (exact) mass is 649 g/mol. The first kappa shape index (κ1) is 45.3. The van der Waals surface area contributed by atoms with E-state index in [2.05, 4.69) is 11.8 Å². The van der Waals surface area contributed by atoms with Crippen LogP contribution < -0.4 is 5.73 Å². The van der Waals surface area contributed by atoms with Crippen LogP contribution in [0.25, 0.3) is 0 Å². The van der Waals surface area contributed by atoms with Crippen molar-refractivity contribution in [3.63, 3.8) is 0 Å². The van der Waals surface area contributed by atoms with Gasteiger partial charge in [0.05, 0.1) is 112 Å². The van der Waals surface area contributed by atoms with E-state index in [-0.39, 0.29) is 5.97 Å². The summed E-state index contributed by atoms with van der Waals surface area (Å²) in [6.07, 6.45) is 11.1. The number of hydrogen-bond acceptors (Lipinski definition) is 13. The molecular weight excluding hydrogens is 590 g/mol. The van der Waals surface area contributed by atoms with Gasteiger partial charge in [0.15, 0.2) is 0 Å². The van der Waals surface area contributed by atoms with Crippen molar-refractivity contribution in [2.75, 3.05) is 139 Å². The Kier molecular flexibility index (Phi) is 38.6. The summed E-state index contributed by atoms with van der Waals surface area (Å²) in [5.41, 5.74) is 4.83. The molecule has 0 spiro atoms. The molecule has 0 aromatic carbocycles. The van der Waals surface area contributed by atoms with Crippen LogP contribution in [0.1, 0.15) is 33.6 Å². The van der Waals surface area contributed by atoms with Crippen LogP contribution >= 0.6 is 0 Å². The van der Waals surface area contributed by atoms with Gasteiger partial charge in [0.25, 0.3) is 0 Å². The van der Waals surface area contributed by atoms with Crippen LogP contribution in [0.15, 0.2) is 0 Å². The van der Waals surface area contributed by atoms with Crippen LogP contribution in [0.3, 0.4) is 0 Å². The van der Waals surface area contributed by atoms with Crippen molar-refractivity contribution in [1.82, 2.24) is 0 Å². The molecule has 0 rings (SSSR count). The van der Waals surface area contributed by atoms with E-state index in [1.54, 1.807) is 0 Å². The van der Waals surface area contributed by atoms with Gasteiger partial charge >= 0.3 is 5.97 Å². The summed E-state index contributed by atoms with van der Waals surface area (Å²) in [6, 6.07) is 0. The molecule has 0 aliphatic carbocycles. The summed E-state index contributed by atoms with van der Waals surface area (Å²) < 4.78 is 57.7. The maximum atomic E-state index is 11.5. The molecule has 0 fully saturated rings. The molecule has 0 atom stereocenters. The van der Waals surface area contributed by atoms with Crippen molar-refractivity contribution in [1.29, 1.82) is 0 Å². The van der Waals surface area contributed by atoms with Crippen LogP contribution in [-0.4, -0.2) is 150 Å². The van der Waals surface area contributed by atoms with Crippen LogP contribution in [0.4, 0.5) is 0 Å². The average molecular weight is 650 g/mol. The van der Waals surface area contributed by atoms with Gasteiger partial charge in [0, 0.05) is 19.6 Å². The second-order valence-electron chi connectivity index (χ2n) is 9.89. The van der Waals surface area contributed by atoms with Crippen LogP contribution in [-0.2, 0) is 56.9 Å². The third-order valence-corrected chi connectivity index (χ3v) is 4.70. The Bertz CT molecular complexity index is 691. The summed E-state index contributed by atoms with van der Waals surface area (Å²) in [4.78, 5) is 11.5. The van der Waals surface area contributed by atoms with Gasteiger partial charge in [-0.15, -0.1) is 12.8 Å². The number of hydrogen-bond donors (Lipinski definition) is 1. The number of rotatable bonds is 32. The largest absolute Gasteiger partial charge is 0.460 e. The lowest BCUT2D eigenvalue weighted by atomic mass is 10.2. The SMILES string of the molecule is C#CCOCCOCCOCCOCCOCCCC(=O)OC(C)(C)C.C#CCOCCOCCOCCOCCOCCN. The summed E-state index contributed by atoms with van der Waals surface area (Å²) in [6.45, 7) is 16.2. The zero-order chi connectivity index (χ0) is 33.5. The Hall–Kier alpha value is -1.85. The number of nitrogens with two attached hydrogens (primary N) is 1. The maximum absolute atomic E-state index is 11.5. The number of carbonyl (C=O) groups is 1. The average Bonchev–Trinajstić information content (AvgIpc) is 3.00. The molecule has 0 unspecified atom stereocenters. The molecule has 45 heavy (non-hydrogen) atoms. The lowest BCUT2D eigenvalue weighted by Crippen LogP contribution is -2.23. The fourth-order valence-corrected chi connectivity index (χ4v) is 2.82. The first-order chi connectivity index (χ1) is 21.9. The summed E-state index contributed by atoms with van der Waals surface area (Å²) >= 11 is 0. The van der Waals surface area contributed by atoms with Crippen LogP contribution in [0, 0.1) is 24.7 Å². The van der Waals surface area contributed by atoms with Gasteiger partial charge in [-0.25, -0.2) is 0 Å². The van der Waals surface area contributed by atoms with E-state index < -0.39 is 5.60 Å². The van der Waals surface area contributed by atoms with Gasteiger partial charge in [-0.05, 0) is 27.2 Å². The van der Waals surface area contributed by atoms with Gasteiger partial charge in [-0.3, -0.25) is 4.79 Å². The highest BCUT2D eigenvalue weighted by atomic mass is 16.6. The Balaban J connectivity index is 0.